The van der Waals surface area contributed by atoms with E-state index in [0.29, 0.717) is 21.9 Å². The van der Waals surface area contributed by atoms with Crippen LogP contribution in [0.1, 0.15) is 33.2 Å². The Morgan fingerprint density at radius 3 is 2.27 bits per heavy atom. The number of hydrogen-bond donors (Lipinski definition) is 0. The Balaban J connectivity index is 1.82. The second-order valence-corrected chi connectivity index (χ2v) is 7.78. The van der Waals surface area contributed by atoms with Crippen molar-refractivity contribution in [3.63, 3.8) is 0 Å². The van der Waals surface area contributed by atoms with Crippen LogP contribution in [0.2, 0.25) is 0 Å². The average molecular weight is 348 g/mol. The van der Waals surface area contributed by atoms with E-state index in [1.54, 1.807) is 6.07 Å². The molecule has 130 valence electrons. The lowest BCUT2D eigenvalue weighted by molar-refractivity contribution is 0.00578. The van der Waals surface area contributed by atoms with Crippen molar-refractivity contribution in [1.82, 2.24) is 0 Å². The van der Waals surface area contributed by atoms with Gasteiger partial charge in [0.05, 0.1) is 16.7 Å². The van der Waals surface area contributed by atoms with E-state index in [0.717, 1.165) is 16.2 Å². The largest absolute Gasteiger partial charge is 0.498 e. The van der Waals surface area contributed by atoms with E-state index < -0.39 is 18.3 Å². The molecule has 3 nitrogen and oxygen atoms in total. The second kappa shape index (κ2) is 5.12. The van der Waals surface area contributed by atoms with Crippen LogP contribution in [0.5, 0.6) is 0 Å². The van der Waals surface area contributed by atoms with Crippen LogP contribution in [0, 0.1) is 0 Å². The first-order chi connectivity index (χ1) is 14.0. The summed E-state index contributed by atoms with van der Waals surface area (Å²) >= 11 is 0. The molecule has 1 saturated heterocycles. The van der Waals surface area contributed by atoms with Crippen molar-refractivity contribution in [2.75, 3.05) is 0 Å². The van der Waals surface area contributed by atoms with E-state index in [-0.39, 0.29) is 24.2 Å². The maximum atomic E-state index is 8.41. The fraction of sp³-hybridized carbons (Fsp3) is 0.273. The van der Waals surface area contributed by atoms with Gasteiger partial charge in [-0.3, -0.25) is 0 Å². The molecule has 0 aliphatic carbocycles. The van der Waals surface area contributed by atoms with Crippen molar-refractivity contribution in [2.24, 2.45) is 0 Å². The third kappa shape index (κ3) is 2.09. The molecule has 5 rings (SSSR count). The van der Waals surface area contributed by atoms with E-state index in [4.69, 9.17) is 19.2 Å². The fourth-order valence-electron chi connectivity index (χ4n) is 3.46. The van der Waals surface area contributed by atoms with Gasteiger partial charge < -0.3 is 13.7 Å². The molecule has 1 aliphatic heterocycles. The number of rotatable bonds is 1. The number of hydrogen-bond acceptors (Lipinski definition) is 3. The molecule has 0 N–H and O–H groups in total. The van der Waals surface area contributed by atoms with Crippen LogP contribution in [-0.4, -0.2) is 18.3 Å². The molecule has 3 aromatic carbocycles. The molecule has 4 heteroatoms. The first-order valence-electron chi connectivity index (χ1n) is 10.7. The summed E-state index contributed by atoms with van der Waals surface area (Å²) in [6, 6.07) is 8.64. The Kier molecular flexibility index (Phi) is 2.39. The van der Waals surface area contributed by atoms with Crippen LogP contribution < -0.4 is 5.46 Å². The van der Waals surface area contributed by atoms with Crippen LogP contribution in [-0.2, 0) is 9.31 Å². The molecule has 1 aromatic heterocycles. The molecule has 0 unspecified atom stereocenters. The molecule has 0 bridgehead atoms. The molecule has 26 heavy (non-hydrogen) atoms. The monoisotopic (exact) mass is 348 g/mol. The third-order valence-electron chi connectivity index (χ3n) is 5.65. The maximum Gasteiger partial charge on any atom is 0.498 e. The van der Waals surface area contributed by atoms with Crippen LogP contribution in [0.3, 0.4) is 0 Å². The van der Waals surface area contributed by atoms with Gasteiger partial charge in [-0.1, -0.05) is 48.4 Å². The maximum absolute atomic E-state index is 8.41. The van der Waals surface area contributed by atoms with Gasteiger partial charge in [0.2, 0.25) is 0 Å². The van der Waals surface area contributed by atoms with Crippen molar-refractivity contribution in [3.8, 4) is 0 Å². The minimum absolute atomic E-state index is 0.0699. The van der Waals surface area contributed by atoms with Gasteiger partial charge in [0.25, 0.3) is 0 Å². The first-order valence-corrected chi connectivity index (χ1v) is 8.73. The summed E-state index contributed by atoms with van der Waals surface area (Å²) < 4.78 is 51.3. The lowest BCUT2D eigenvalue weighted by Crippen LogP contribution is -2.41. The van der Waals surface area contributed by atoms with Crippen LogP contribution >= 0.6 is 0 Å². The molecule has 0 saturated carbocycles. The molecule has 0 atom stereocenters. The summed E-state index contributed by atoms with van der Waals surface area (Å²) in [5.41, 5.74) is 0.829. The lowest BCUT2D eigenvalue weighted by Gasteiger charge is -2.32. The Morgan fingerprint density at radius 1 is 0.808 bits per heavy atom. The molecule has 0 amide bonds. The van der Waals surface area contributed by atoms with Crippen molar-refractivity contribution in [3.05, 3.63) is 54.5 Å². The lowest BCUT2D eigenvalue weighted by atomic mass is 9.78. The van der Waals surface area contributed by atoms with Crippen molar-refractivity contribution < 1.29 is 19.2 Å². The number of furan rings is 1. The highest BCUT2D eigenvalue weighted by Gasteiger charge is 2.52. The van der Waals surface area contributed by atoms with Gasteiger partial charge in [0.15, 0.2) is 0 Å². The zero-order valence-electron chi connectivity index (χ0n) is 19.2. The molecule has 1 fully saturated rings. The zero-order valence-corrected chi connectivity index (χ0v) is 15.2. The second-order valence-electron chi connectivity index (χ2n) is 7.78. The Bertz CT molecular complexity index is 1340. The minimum atomic E-state index is -0.598. The normalized spacial score (nSPS) is 21.2. The van der Waals surface area contributed by atoms with E-state index in [1.165, 1.54) is 0 Å². The minimum Gasteiger partial charge on any atom is -0.456 e. The zero-order chi connectivity index (χ0) is 21.6. The van der Waals surface area contributed by atoms with Crippen molar-refractivity contribution >= 4 is 45.3 Å². The topological polar surface area (TPSA) is 31.6 Å². The highest BCUT2D eigenvalue weighted by atomic mass is 16.7. The predicted molar refractivity (Wildman–Crippen MR) is 107 cm³/mol. The molecular weight excluding hydrogens is 323 g/mol. The summed E-state index contributed by atoms with van der Waals surface area (Å²) in [7, 11) is -0.598. The van der Waals surface area contributed by atoms with E-state index in [1.807, 2.05) is 52.0 Å². The Morgan fingerprint density at radius 2 is 1.50 bits per heavy atom. The van der Waals surface area contributed by atoms with Crippen LogP contribution in [0.4, 0.5) is 0 Å². The van der Waals surface area contributed by atoms with Crippen LogP contribution in [0.25, 0.3) is 32.7 Å². The first kappa shape index (κ1) is 12.2. The molecule has 2 heterocycles. The molecule has 0 radical (unpaired) electrons. The van der Waals surface area contributed by atoms with Gasteiger partial charge in [-0.2, -0.15) is 0 Å². The molecule has 4 aromatic rings. The van der Waals surface area contributed by atoms with Gasteiger partial charge in [0.1, 0.15) is 11.2 Å². The van der Waals surface area contributed by atoms with Gasteiger partial charge in [-0.25, -0.2) is 0 Å². The Labute approximate surface area is 158 Å². The number of fused-ring (bicyclic) bond motifs is 5. The summed E-state index contributed by atoms with van der Waals surface area (Å²) in [5.74, 6) is 0. The van der Waals surface area contributed by atoms with E-state index in [2.05, 4.69) is 0 Å². The Hall–Kier alpha value is -2.30. The SMILES string of the molecule is [2H]c1c([2H])c([2H])c2c(ccc3c4cccc(B5OC(C)(C)C(C)(C)O5)c4oc32)c1[2H]. The molecule has 1 aliphatic rings. The summed E-state index contributed by atoms with van der Waals surface area (Å²) in [6.07, 6.45) is 0. The standard InChI is InChI=1S/C22H21BO3/c1-21(2)22(3,4)26-23(25-21)18-11-7-10-16-17-13-12-14-8-5-6-9-15(14)19(17)24-20(16)18/h5-13H,1-4H3/i5D,6D,8D,9D. The summed E-state index contributed by atoms with van der Waals surface area (Å²) in [5, 5.41) is 2.46. The average Bonchev–Trinajstić information content (AvgIpc) is 3.17. The predicted octanol–water partition coefficient (Wildman–Crippen LogP) is 5.04. The third-order valence-corrected chi connectivity index (χ3v) is 5.65. The smallest absolute Gasteiger partial charge is 0.456 e. The van der Waals surface area contributed by atoms with Gasteiger partial charge >= 0.3 is 7.12 Å². The fourth-order valence-corrected chi connectivity index (χ4v) is 3.46. The van der Waals surface area contributed by atoms with Crippen molar-refractivity contribution in [1.29, 1.82) is 0 Å². The summed E-state index contributed by atoms with van der Waals surface area (Å²) in [4.78, 5) is 0. The van der Waals surface area contributed by atoms with Crippen molar-refractivity contribution in [2.45, 2.75) is 38.9 Å². The summed E-state index contributed by atoms with van der Waals surface area (Å²) in [6.45, 7) is 7.98. The van der Waals surface area contributed by atoms with Crippen LogP contribution in [0.15, 0.2) is 58.9 Å². The number of benzene rings is 3. The highest BCUT2D eigenvalue weighted by Crippen LogP contribution is 2.38. The number of para-hydroxylation sites is 1. The van der Waals surface area contributed by atoms with Gasteiger partial charge in [-0.05, 0) is 39.1 Å². The quantitative estimate of drug-likeness (QED) is 0.452. The van der Waals surface area contributed by atoms with E-state index >= 15 is 0 Å². The molecular formula is C22H21BO3. The highest BCUT2D eigenvalue weighted by molar-refractivity contribution is 6.65. The molecule has 0 spiro atoms. The van der Waals surface area contributed by atoms with Gasteiger partial charge in [-0.15, -0.1) is 0 Å². The van der Waals surface area contributed by atoms with Gasteiger partial charge in [0, 0.05) is 21.6 Å². The van der Waals surface area contributed by atoms with E-state index in [9.17, 15) is 0 Å².